The number of aryl methyl sites for hydroxylation is 1. The molecule has 0 spiro atoms. The predicted octanol–water partition coefficient (Wildman–Crippen LogP) is 2.66. The zero-order valence-electron chi connectivity index (χ0n) is 9.01. The van der Waals surface area contributed by atoms with Crippen LogP contribution in [-0.4, -0.2) is 17.3 Å². The maximum absolute atomic E-state index is 11.9. The molecule has 1 aromatic carbocycles. The molecule has 0 unspecified atom stereocenters. The molecule has 0 aliphatic rings. The number of aromatic amines is 1. The molecule has 2 rings (SSSR count). The number of rotatable bonds is 3. The summed E-state index contributed by atoms with van der Waals surface area (Å²) >= 11 is 5.93. The molecule has 0 bridgehead atoms. The van der Waals surface area contributed by atoms with E-state index in [0.29, 0.717) is 23.6 Å². The number of ketones is 1. The number of aromatic nitrogens is 1. The fraction of sp³-hybridized carbons (Fsp3) is 0.250. The van der Waals surface area contributed by atoms with Crippen molar-refractivity contribution in [2.24, 2.45) is 5.73 Å². The first-order valence-corrected chi connectivity index (χ1v) is 5.52. The Hall–Kier alpha value is -1.32. The molecule has 16 heavy (non-hydrogen) atoms. The van der Waals surface area contributed by atoms with Crippen LogP contribution in [0.25, 0.3) is 10.9 Å². The van der Waals surface area contributed by atoms with Crippen LogP contribution in [0, 0.1) is 6.92 Å². The topological polar surface area (TPSA) is 58.9 Å². The number of nitrogens with two attached hydrogens (primary N) is 1. The fourth-order valence-electron chi connectivity index (χ4n) is 1.91. The molecule has 0 radical (unpaired) electrons. The van der Waals surface area contributed by atoms with Crippen LogP contribution < -0.4 is 5.73 Å². The van der Waals surface area contributed by atoms with Gasteiger partial charge in [0.15, 0.2) is 5.78 Å². The van der Waals surface area contributed by atoms with Gasteiger partial charge in [0.25, 0.3) is 0 Å². The van der Waals surface area contributed by atoms with Crippen molar-refractivity contribution in [2.45, 2.75) is 13.3 Å². The number of benzene rings is 1. The molecule has 1 aromatic heterocycles. The monoisotopic (exact) mass is 236 g/mol. The molecular weight excluding hydrogens is 224 g/mol. The van der Waals surface area contributed by atoms with E-state index in [4.69, 9.17) is 17.3 Å². The number of halogens is 1. The minimum Gasteiger partial charge on any atom is -0.358 e. The lowest BCUT2D eigenvalue weighted by Gasteiger charge is -1.99. The van der Waals surface area contributed by atoms with Gasteiger partial charge in [-0.3, -0.25) is 4.79 Å². The largest absolute Gasteiger partial charge is 0.358 e. The smallest absolute Gasteiger partial charge is 0.166 e. The van der Waals surface area contributed by atoms with Gasteiger partial charge in [0.1, 0.15) is 0 Å². The maximum atomic E-state index is 11.9. The summed E-state index contributed by atoms with van der Waals surface area (Å²) in [4.78, 5) is 15.1. The number of fused-ring (bicyclic) bond motifs is 1. The van der Waals surface area contributed by atoms with Crippen molar-refractivity contribution in [1.82, 2.24) is 4.98 Å². The van der Waals surface area contributed by atoms with Gasteiger partial charge < -0.3 is 10.7 Å². The number of nitrogens with one attached hydrogen (secondary N) is 1. The van der Waals surface area contributed by atoms with Crippen molar-refractivity contribution in [2.75, 3.05) is 6.54 Å². The van der Waals surface area contributed by atoms with E-state index in [1.807, 2.05) is 19.1 Å². The number of Topliss-reactive ketones (excluding diaryl/α,β-unsaturated/α-hetero) is 1. The zero-order chi connectivity index (χ0) is 11.7. The number of carbonyl (C=O) groups excluding carboxylic acids is 1. The molecule has 0 aliphatic carbocycles. The van der Waals surface area contributed by atoms with Crippen LogP contribution in [0.2, 0.25) is 5.02 Å². The van der Waals surface area contributed by atoms with E-state index < -0.39 is 0 Å². The normalized spacial score (nSPS) is 10.9. The second-order valence-corrected chi connectivity index (χ2v) is 4.21. The van der Waals surface area contributed by atoms with Crippen molar-refractivity contribution in [3.05, 3.63) is 34.5 Å². The Morgan fingerprint density at radius 1 is 1.50 bits per heavy atom. The van der Waals surface area contributed by atoms with Crippen LogP contribution in [0.4, 0.5) is 0 Å². The number of carbonyl (C=O) groups is 1. The Labute approximate surface area is 98.6 Å². The third-order valence-electron chi connectivity index (χ3n) is 2.60. The van der Waals surface area contributed by atoms with Gasteiger partial charge in [-0.15, -0.1) is 0 Å². The molecule has 84 valence electrons. The summed E-state index contributed by atoms with van der Waals surface area (Å²) in [5.41, 5.74) is 7.92. The van der Waals surface area contributed by atoms with E-state index >= 15 is 0 Å². The van der Waals surface area contributed by atoms with Gasteiger partial charge in [0, 0.05) is 33.6 Å². The van der Waals surface area contributed by atoms with E-state index in [1.54, 1.807) is 6.07 Å². The van der Waals surface area contributed by atoms with Crippen molar-refractivity contribution in [3.8, 4) is 0 Å². The van der Waals surface area contributed by atoms with Crippen LogP contribution in [0.15, 0.2) is 18.2 Å². The highest BCUT2D eigenvalue weighted by molar-refractivity contribution is 6.31. The van der Waals surface area contributed by atoms with Crippen LogP contribution in [0.1, 0.15) is 22.5 Å². The Morgan fingerprint density at radius 2 is 2.25 bits per heavy atom. The minimum atomic E-state index is 0.0634. The first-order valence-electron chi connectivity index (χ1n) is 5.14. The van der Waals surface area contributed by atoms with E-state index in [2.05, 4.69) is 4.98 Å². The summed E-state index contributed by atoms with van der Waals surface area (Å²) in [5, 5.41) is 1.51. The number of hydrogen-bond acceptors (Lipinski definition) is 2. The highest BCUT2D eigenvalue weighted by Crippen LogP contribution is 2.26. The number of hydrogen-bond donors (Lipinski definition) is 2. The van der Waals surface area contributed by atoms with E-state index in [9.17, 15) is 4.79 Å². The summed E-state index contributed by atoms with van der Waals surface area (Å²) < 4.78 is 0. The predicted molar refractivity (Wildman–Crippen MR) is 66.0 cm³/mol. The van der Waals surface area contributed by atoms with Gasteiger partial charge in [-0.25, -0.2) is 0 Å². The molecule has 4 heteroatoms. The molecule has 0 fully saturated rings. The average molecular weight is 237 g/mol. The first kappa shape index (κ1) is 11.2. The second-order valence-electron chi connectivity index (χ2n) is 3.78. The maximum Gasteiger partial charge on any atom is 0.166 e. The molecular formula is C12H13ClN2O. The minimum absolute atomic E-state index is 0.0634. The molecule has 3 nitrogen and oxygen atoms in total. The number of H-pyrrole nitrogens is 1. The van der Waals surface area contributed by atoms with E-state index in [-0.39, 0.29) is 5.78 Å². The lowest BCUT2D eigenvalue weighted by atomic mass is 10.0. The summed E-state index contributed by atoms with van der Waals surface area (Å²) in [5.74, 6) is 0.0634. The highest BCUT2D eigenvalue weighted by Gasteiger charge is 2.15. The van der Waals surface area contributed by atoms with Crippen LogP contribution in [-0.2, 0) is 0 Å². The van der Waals surface area contributed by atoms with Gasteiger partial charge in [0.05, 0.1) is 0 Å². The molecule has 2 aromatic rings. The van der Waals surface area contributed by atoms with Crippen molar-refractivity contribution in [3.63, 3.8) is 0 Å². The SMILES string of the molecule is Cc1[nH]c2ccc(Cl)cc2c1C(=O)CCN. The van der Waals surface area contributed by atoms with E-state index in [1.165, 1.54) is 0 Å². The molecule has 0 aliphatic heterocycles. The van der Waals surface area contributed by atoms with Crippen LogP contribution in [0.3, 0.4) is 0 Å². The van der Waals surface area contributed by atoms with Gasteiger partial charge in [0.2, 0.25) is 0 Å². The Morgan fingerprint density at radius 3 is 2.94 bits per heavy atom. The molecule has 0 amide bonds. The molecule has 3 N–H and O–H groups in total. The van der Waals surface area contributed by atoms with Gasteiger partial charge in [-0.2, -0.15) is 0 Å². The summed E-state index contributed by atoms with van der Waals surface area (Å²) in [6.45, 7) is 2.25. The van der Waals surface area contributed by atoms with Crippen LogP contribution in [0.5, 0.6) is 0 Å². The van der Waals surface area contributed by atoms with E-state index in [0.717, 1.165) is 16.6 Å². The third-order valence-corrected chi connectivity index (χ3v) is 2.83. The quantitative estimate of drug-likeness (QED) is 0.805. The Kier molecular flexibility index (Phi) is 2.99. The summed E-state index contributed by atoms with van der Waals surface area (Å²) in [6, 6.07) is 5.49. The fourth-order valence-corrected chi connectivity index (χ4v) is 2.09. The van der Waals surface area contributed by atoms with Gasteiger partial charge in [-0.1, -0.05) is 11.6 Å². The first-order chi connectivity index (χ1) is 7.63. The zero-order valence-corrected chi connectivity index (χ0v) is 9.77. The van der Waals surface area contributed by atoms with Crippen molar-refractivity contribution in [1.29, 1.82) is 0 Å². The second kappa shape index (κ2) is 4.28. The Bertz CT molecular complexity index is 545. The van der Waals surface area contributed by atoms with Crippen molar-refractivity contribution < 1.29 is 4.79 Å². The highest BCUT2D eigenvalue weighted by atomic mass is 35.5. The summed E-state index contributed by atoms with van der Waals surface area (Å²) in [6.07, 6.45) is 0.361. The third kappa shape index (κ3) is 1.84. The van der Waals surface area contributed by atoms with Crippen molar-refractivity contribution >= 4 is 28.3 Å². The summed E-state index contributed by atoms with van der Waals surface area (Å²) in [7, 11) is 0. The average Bonchev–Trinajstić information content (AvgIpc) is 2.53. The van der Waals surface area contributed by atoms with Gasteiger partial charge >= 0.3 is 0 Å². The molecule has 1 heterocycles. The Balaban J connectivity index is 2.62. The van der Waals surface area contributed by atoms with Gasteiger partial charge in [-0.05, 0) is 31.7 Å². The molecule has 0 atom stereocenters. The molecule has 0 saturated heterocycles. The lowest BCUT2D eigenvalue weighted by molar-refractivity contribution is 0.0986. The lowest BCUT2D eigenvalue weighted by Crippen LogP contribution is -2.08. The molecule has 0 saturated carbocycles. The standard InChI is InChI=1S/C12H13ClN2O/c1-7-12(11(16)4-5-14)9-6-8(13)2-3-10(9)15-7/h2-3,6,15H,4-5,14H2,1H3. The van der Waals surface area contributed by atoms with Crippen LogP contribution >= 0.6 is 11.6 Å².